The van der Waals surface area contributed by atoms with Gasteiger partial charge in [-0.1, -0.05) is 0 Å². The summed E-state index contributed by atoms with van der Waals surface area (Å²) in [5.41, 5.74) is 0. The van der Waals surface area contributed by atoms with Crippen LogP contribution in [0.5, 0.6) is 0 Å². The van der Waals surface area contributed by atoms with Gasteiger partial charge in [-0.2, -0.15) is 0 Å². The van der Waals surface area contributed by atoms with Gasteiger partial charge < -0.3 is 24.0 Å². The van der Waals surface area contributed by atoms with Crippen LogP contribution in [0.25, 0.3) is 0 Å². The fraction of sp³-hybridized carbons (Fsp3) is 1.00. The fourth-order valence-corrected chi connectivity index (χ4v) is 0.612. The first-order valence-corrected chi connectivity index (χ1v) is 5.29. The molecule has 0 radical (unpaired) electrons. The minimum absolute atomic E-state index is 0. The maximum Gasteiger partial charge on any atom is 1.00 e. The van der Waals surface area contributed by atoms with Gasteiger partial charge in [-0.3, -0.25) is 4.31 Å². The van der Waals surface area contributed by atoms with Gasteiger partial charge in [0.25, 0.3) is 0 Å². The van der Waals surface area contributed by atoms with Crippen LogP contribution in [-0.4, -0.2) is 17.6 Å². The van der Waals surface area contributed by atoms with Crippen molar-refractivity contribution in [3.8, 4) is 0 Å². The smallest absolute Gasteiger partial charge is 0.781 e. The molecule has 0 bridgehead atoms. The molecule has 13 heavy (non-hydrogen) atoms. The standard InChI is InChI=1S/C2H5ClO.2K.H4O5P2/c3-1-2-4;;;1-6(2)5-7(3)4/h4H,1-2H2;;;6-7H,(H,1,2)(H,3,4)/q;2*+1;/p-2. The van der Waals surface area contributed by atoms with Crippen LogP contribution in [0.4, 0.5) is 0 Å². The second-order valence-corrected chi connectivity index (χ2v) is 3.21. The number of hydrogen-bond acceptors (Lipinski definition) is 6. The summed E-state index contributed by atoms with van der Waals surface area (Å²) in [5, 5.41) is 7.74. The molecule has 0 aliphatic carbocycles. The molecule has 0 rings (SSSR count). The van der Waals surface area contributed by atoms with Crippen LogP contribution < -0.4 is 113 Å². The normalized spacial score (nSPS) is 12.3. The van der Waals surface area contributed by atoms with Crippen LogP contribution in [0.2, 0.25) is 0 Å². The zero-order chi connectivity index (χ0) is 9.28. The minimum atomic E-state index is -3.51. The average Bonchev–Trinajstić information content (AvgIpc) is 1.85. The van der Waals surface area contributed by atoms with Crippen LogP contribution in [0.1, 0.15) is 0 Å². The monoisotopic (exact) mass is 302 g/mol. The van der Waals surface area contributed by atoms with E-state index in [0.717, 1.165) is 0 Å². The largest absolute Gasteiger partial charge is 1.00 e. The Balaban J connectivity index is -0.0000000600. The molecule has 0 aromatic rings. The quantitative estimate of drug-likeness (QED) is 0.315. The summed E-state index contributed by atoms with van der Waals surface area (Å²) in [7, 11) is -7.03. The summed E-state index contributed by atoms with van der Waals surface area (Å²) in [4.78, 5) is 18.6. The van der Waals surface area contributed by atoms with E-state index < -0.39 is 16.5 Å². The molecule has 2 atom stereocenters. The number of aliphatic hydroxyl groups is 1. The van der Waals surface area contributed by atoms with Crippen LogP contribution in [0, 0.1) is 0 Å². The SMILES string of the molecule is O=[PH]([O-])O[PH](=O)[O-].OCCCl.[K+].[K+]. The van der Waals surface area contributed by atoms with Gasteiger partial charge in [0.05, 0.1) is 6.61 Å². The van der Waals surface area contributed by atoms with Crippen molar-refractivity contribution in [2.24, 2.45) is 0 Å². The molecule has 0 aromatic heterocycles. The Morgan fingerprint density at radius 3 is 1.46 bits per heavy atom. The van der Waals surface area contributed by atoms with Crippen molar-refractivity contribution < 1.29 is 131 Å². The van der Waals surface area contributed by atoms with E-state index in [1.807, 2.05) is 0 Å². The average molecular weight is 303 g/mol. The third-order valence-corrected chi connectivity index (χ3v) is 1.75. The van der Waals surface area contributed by atoms with Gasteiger partial charge in [0.15, 0.2) is 0 Å². The first kappa shape index (κ1) is 25.6. The molecule has 0 aliphatic rings. The van der Waals surface area contributed by atoms with Crippen molar-refractivity contribution in [3.63, 3.8) is 0 Å². The summed E-state index contributed by atoms with van der Waals surface area (Å²) in [6, 6.07) is 0. The molecule has 0 aliphatic heterocycles. The van der Waals surface area contributed by atoms with Gasteiger partial charge in [-0.05, 0) is 0 Å². The molecule has 70 valence electrons. The van der Waals surface area contributed by atoms with Crippen molar-refractivity contribution in [2.75, 3.05) is 12.5 Å². The van der Waals surface area contributed by atoms with E-state index in [9.17, 15) is 18.9 Å². The molecule has 0 spiro atoms. The first-order chi connectivity index (χ1) is 5.04. The van der Waals surface area contributed by atoms with Gasteiger partial charge >= 0.3 is 103 Å². The van der Waals surface area contributed by atoms with Gasteiger partial charge in [0.1, 0.15) is 16.5 Å². The maximum atomic E-state index is 9.29. The Labute approximate surface area is 168 Å². The molecule has 0 saturated heterocycles. The maximum absolute atomic E-state index is 9.29. The van der Waals surface area contributed by atoms with Gasteiger partial charge in [0.2, 0.25) is 0 Å². The molecule has 1 N–H and O–H groups in total. The van der Waals surface area contributed by atoms with Gasteiger partial charge in [0, 0.05) is 5.88 Å². The molecule has 6 nitrogen and oxygen atoms in total. The van der Waals surface area contributed by atoms with Gasteiger partial charge in [-0.25, -0.2) is 0 Å². The summed E-state index contributed by atoms with van der Waals surface area (Å²) in [5.74, 6) is 0.347. The van der Waals surface area contributed by atoms with Crippen LogP contribution in [0.15, 0.2) is 0 Å². The van der Waals surface area contributed by atoms with Crippen LogP contribution in [0.3, 0.4) is 0 Å². The van der Waals surface area contributed by atoms with Crippen molar-refractivity contribution in [1.82, 2.24) is 0 Å². The predicted molar refractivity (Wildman–Crippen MR) is 36.9 cm³/mol. The molecule has 2 unspecified atom stereocenters. The summed E-state index contributed by atoms with van der Waals surface area (Å²) >= 11 is 4.94. The molecule has 0 saturated carbocycles. The number of aliphatic hydroxyl groups excluding tert-OH is 1. The van der Waals surface area contributed by atoms with E-state index in [2.05, 4.69) is 4.31 Å². The Morgan fingerprint density at radius 1 is 1.23 bits per heavy atom. The van der Waals surface area contributed by atoms with E-state index in [1.54, 1.807) is 0 Å². The van der Waals surface area contributed by atoms with E-state index in [4.69, 9.17) is 16.7 Å². The molecule has 0 amide bonds. The molecule has 11 heteroatoms. The van der Waals surface area contributed by atoms with Crippen molar-refractivity contribution in [1.29, 1.82) is 0 Å². The van der Waals surface area contributed by atoms with Crippen LogP contribution in [-0.2, 0) is 13.4 Å². The zero-order valence-electron chi connectivity index (χ0n) is 7.28. The fourth-order valence-electron chi connectivity index (χ4n) is 0.0680. The van der Waals surface area contributed by atoms with Crippen LogP contribution >= 0.6 is 28.1 Å². The topological polar surface area (TPSA) is 110 Å². The Morgan fingerprint density at radius 2 is 1.46 bits per heavy atom. The van der Waals surface area contributed by atoms with Crippen molar-refractivity contribution in [2.45, 2.75) is 0 Å². The summed E-state index contributed by atoms with van der Waals surface area (Å²) in [6.07, 6.45) is 0. The minimum Gasteiger partial charge on any atom is -0.781 e. The van der Waals surface area contributed by atoms with E-state index in [-0.39, 0.29) is 109 Å². The molecule has 0 fully saturated rings. The number of alkyl halides is 1. The third kappa shape index (κ3) is 38.8. The second kappa shape index (κ2) is 21.2. The number of hydrogen-bond donors (Lipinski definition) is 1. The summed E-state index contributed by atoms with van der Waals surface area (Å²) in [6.45, 7) is 0.0849. The molecule has 0 aromatic carbocycles. The second-order valence-electron chi connectivity index (χ2n) is 1.01. The predicted octanol–water partition coefficient (Wildman–Crippen LogP) is -7.27. The van der Waals surface area contributed by atoms with Crippen molar-refractivity contribution in [3.05, 3.63) is 0 Å². The molecule has 0 heterocycles. The van der Waals surface area contributed by atoms with E-state index in [0.29, 0.717) is 5.88 Å². The Hall–Kier alpha value is 3.86. The molecular weight excluding hydrogens is 296 g/mol. The third-order valence-electron chi connectivity index (χ3n) is 0.251. The summed E-state index contributed by atoms with van der Waals surface area (Å²) < 4.78 is 21.8. The van der Waals surface area contributed by atoms with E-state index >= 15 is 0 Å². The Kier molecular flexibility index (Phi) is 41.8. The molecular formula is C2H7ClK2O6P2. The Bertz CT molecular complexity index is 122. The number of halogens is 1. The van der Waals surface area contributed by atoms with Gasteiger partial charge in [-0.15, -0.1) is 11.6 Å². The van der Waals surface area contributed by atoms with E-state index in [1.165, 1.54) is 0 Å². The number of rotatable bonds is 3. The van der Waals surface area contributed by atoms with Crippen molar-refractivity contribution >= 4 is 28.1 Å². The first-order valence-electron chi connectivity index (χ1n) is 2.31. The zero-order valence-corrected chi connectivity index (χ0v) is 16.3.